The van der Waals surface area contributed by atoms with E-state index in [4.69, 9.17) is 0 Å². The number of rotatable bonds is 4. The molecule has 6 heteroatoms. The van der Waals surface area contributed by atoms with E-state index >= 15 is 0 Å². The zero-order chi connectivity index (χ0) is 17.8. The first-order chi connectivity index (χ1) is 12.1. The standard InChI is InChI=1S/C19H19FN2O3/c20-14-7-2-3-9-16(14)22-11-5-8-15(19(22)25)21-18(24)12-13-6-1-4-10-17(13)23/h1-4,6-7,9-10,15,23H,5,8,11-12H2,(H,21,24)/t15-/m0/s1. The number of halogens is 1. The number of amides is 2. The highest BCUT2D eigenvalue weighted by molar-refractivity contribution is 6.00. The lowest BCUT2D eigenvalue weighted by molar-refractivity contribution is -0.128. The molecule has 2 N–H and O–H groups in total. The second kappa shape index (κ2) is 7.34. The minimum absolute atomic E-state index is 0.0177. The lowest BCUT2D eigenvalue weighted by atomic mass is 10.0. The Labute approximate surface area is 145 Å². The molecule has 0 unspecified atom stereocenters. The molecule has 1 atom stereocenters. The summed E-state index contributed by atoms with van der Waals surface area (Å²) in [7, 11) is 0. The van der Waals surface area contributed by atoms with E-state index in [1.54, 1.807) is 36.4 Å². The van der Waals surface area contributed by atoms with Gasteiger partial charge >= 0.3 is 0 Å². The highest BCUT2D eigenvalue weighted by Crippen LogP contribution is 2.24. The second-order valence-electron chi connectivity index (χ2n) is 6.01. The van der Waals surface area contributed by atoms with Gasteiger partial charge in [-0.1, -0.05) is 30.3 Å². The van der Waals surface area contributed by atoms with Gasteiger partial charge in [0.25, 0.3) is 0 Å². The minimum atomic E-state index is -0.688. The minimum Gasteiger partial charge on any atom is -0.508 e. The fourth-order valence-electron chi connectivity index (χ4n) is 3.00. The third-order valence-corrected chi connectivity index (χ3v) is 4.26. The summed E-state index contributed by atoms with van der Waals surface area (Å²) in [5.74, 6) is -1.09. The van der Waals surface area contributed by atoms with Crippen LogP contribution < -0.4 is 10.2 Å². The van der Waals surface area contributed by atoms with Crippen LogP contribution in [0, 0.1) is 5.82 Å². The Hall–Kier alpha value is -2.89. The smallest absolute Gasteiger partial charge is 0.249 e. The van der Waals surface area contributed by atoms with E-state index in [1.807, 2.05) is 0 Å². The van der Waals surface area contributed by atoms with Crippen LogP contribution in [0.2, 0.25) is 0 Å². The molecule has 0 spiro atoms. The molecular formula is C19H19FN2O3. The van der Waals surface area contributed by atoms with E-state index in [9.17, 15) is 19.1 Å². The van der Waals surface area contributed by atoms with Crippen molar-refractivity contribution in [1.82, 2.24) is 5.32 Å². The Morgan fingerprint density at radius 1 is 1.20 bits per heavy atom. The number of phenols is 1. The number of hydrogen-bond donors (Lipinski definition) is 2. The zero-order valence-electron chi connectivity index (χ0n) is 13.6. The van der Waals surface area contributed by atoms with E-state index in [2.05, 4.69) is 5.32 Å². The molecule has 0 aromatic heterocycles. The zero-order valence-corrected chi connectivity index (χ0v) is 13.6. The SMILES string of the molecule is O=C(Cc1ccccc1O)N[C@H]1CCCN(c2ccccc2F)C1=O. The third-order valence-electron chi connectivity index (χ3n) is 4.26. The Kier molecular flexibility index (Phi) is 4.97. The summed E-state index contributed by atoms with van der Waals surface area (Å²) in [6.45, 7) is 0.422. The van der Waals surface area contributed by atoms with Gasteiger partial charge in [-0.2, -0.15) is 0 Å². The largest absolute Gasteiger partial charge is 0.508 e. The molecule has 25 heavy (non-hydrogen) atoms. The number of hydrogen-bond acceptors (Lipinski definition) is 3. The Morgan fingerprint density at radius 2 is 1.92 bits per heavy atom. The van der Waals surface area contributed by atoms with Crippen molar-refractivity contribution in [2.45, 2.75) is 25.3 Å². The maximum atomic E-state index is 14.0. The van der Waals surface area contributed by atoms with Crippen LogP contribution in [0.15, 0.2) is 48.5 Å². The molecule has 2 aromatic rings. The van der Waals surface area contributed by atoms with Crippen molar-refractivity contribution in [2.75, 3.05) is 11.4 Å². The summed E-state index contributed by atoms with van der Waals surface area (Å²) in [6.07, 6.45) is 1.16. The Morgan fingerprint density at radius 3 is 2.68 bits per heavy atom. The highest BCUT2D eigenvalue weighted by Gasteiger charge is 2.31. The van der Waals surface area contributed by atoms with Gasteiger partial charge in [0.15, 0.2) is 0 Å². The summed E-state index contributed by atoms with van der Waals surface area (Å²) in [5.41, 5.74) is 0.723. The summed E-state index contributed by atoms with van der Waals surface area (Å²) in [5, 5.41) is 12.4. The molecular weight excluding hydrogens is 323 g/mol. The lowest BCUT2D eigenvalue weighted by Gasteiger charge is -2.32. The fourth-order valence-corrected chi connectivity index (χ4v) is 3.00. The quantitative estimate of drug-likeness (QED) is 0.896. The van der Waals surface area contributed by atoms with Crippen LogP contribution in [0.4, 0.5) is 10.1 Å². The third kappa shape index (κ3) is 3.79. The number of para-hydroxylation sites is 2. The summed E-state index contributed by atoms with van der Waals surface area (Å²) < 4.78 is 14.0. The Bertz CT molecular complexity index is 794. The number of anilines is 1. The molecule has 1 fully saturated rings. The molecule has 1 aliphatic rings. The molecule has 0 bridgehead atoms. The summed E-state index contributed by atoms with van der Waals surface area (Å²) in [6, 6.07) is 12.0. The number of aromatic hydroxyl groups is 1. The predicted octanol–water partition coefficient (Wildman–Crippen LogP) is 2.39. The number of benzene rings is 2. The Balaban J connectivity index is 1.68. The van der Waals surface area contributed by atoms with E-state index in [-0.39, 0.29) is 29.7 Å². The lowest BCUT2D eigenvalue weighted by Crippen LogP contribution is -2.53. The topological polar surface area (TPSA) is 69.6 Å². The van der Waals surface area contributed by atoms with Crippen LogP contribution in [-0.4, -0.2) is 29.5 Å². The van der Waals surface area contributed by atoms with E-state index in [0.717, 1.165) is 0 Å². The van der Waals surface area contributed by atoms with E-state index in [0.29, 0.717) is 24.9 Å². The summed E-state index contributed by atoms with van der Waals surface area (Å²) in [4.78, 5) is 26.2. The van der Waals surface area contributed by atoms with Crippen LogP contribution in [0.1, 0.15) is 18.4 Å². The van der Waals surface area contributed by atoms with Gasteiger partial charge in [0.2, 0.25) is 11.8 Å². The van der Waals surface area contributed by atoms with Gasteiger partial charge < -0.3 is 15.3 Å². The van der Waals surface area contributed by atoms with Crippen molar-refractivity contribution in [1.29, 1.82) is 0 Å². The monoisotopic (exact) mass is 342 g/mol. The van der Waals surface area contributed by atoms with Crippen LogP contribution >= 0.6 is 0 Å². The number of nitrogens with one attached hydrogen (secondary N) is 1. The maximum absolute atomic E-state index is 14.0. The number of phenolic OH excluding ortho intramolecular Hbond substituents is 1. The second-order valence-corrected chi connectivity index (χ2v) is 6.01. The number of carbonyl (C=O) groups excluding carboxylic acids is 2. The molecule has 130 valence electrons. The normalized spacial score (nSPS) is 17.4. The fraction of sp³-hybridized carbons (Fsp3) is 0.263. The first-order valence-electron chi connectivity index (χ1n) is 8.18. The van der Waals surface area contributed by atoms with Crippen LogP contribution in [-0.2, 0) is 16.0 Å². The summed E-state index contributed by atoms with van der Waals surface area (Å²) >= 11 is 0. The van der Waals surface area contributed by atoms with E-state index < -0.39 is 11.9 Å². The van der Waals surface area contributed by atoms with Gasteiger partial charge in [-0.05, 0) is 31.0 Å². The molecule has 3 rings (SSSR count). The van der Waals surface area contributed by atoms with Gasteiger partial charge in [-0.25, -0.2) is 4.39 Å². The average molecular weight is 342 g/mol. The molecule has 1 saturated heterocycles. The molecule has 0 saturated carbocycles. The molecule has 5 nitrogen and oxygen atoms in total. The number of carbonyl (C=O) groups is 2. The van der Waals surface area contributed by atoms with Crippen molar-refractivity contribution in [2.24, 2.45) is 0 Å². The molecule has 0 radical (unpaired) electrons. The molecule has 2 aromatic carbocycles. The average Bonchev–Trinajstić information content (AvgIpc) is 2.60. The van der Waals surface area contributed by atoms with E-state index in [1.165, 1.54) is 17.0 Å². The van der Waals surface area contributed by atoms with Crippen molar-refractivity contribution in [3.05, 3.63) is 59.9 Å². The van der Waals surface area contributed by atoms with Crippen molar-refractivity contribution >= 4 is 17.5 Å². The van der Waals surface area contributed by atoms with Crippen molar-refractivity contribution in [3.8, 4) is 5.75 Å². The predicted molar refractivity (Wildman–Crippen MR) is 91.7 cm³/mol. The molecule has 2 amide bonds. The van der Waals surface area contributed by atoms with Crippen molar-refractivity contribution < 1.29 is 19.1 Å². The van der Waals surface area contributed by atoms with Crippen LogP contribution in [0.5, 0.6) is 5.75 Å². The first-order valence-corrected chi connectivity index (χ1v) is 8.18. The number of nitrogens with zero attached hydrogens (tertiary/aromatic N) is 1. The van der Waals surface area contributed by atoms with Gasteiger partial charge in [-0.15, -0.1) is 0 Å². The van der Waals surface area contributed by atoms with Gasteiger partial charge in [0.1, 0.15) is 17.6 Å². The molecule has 1 heterocycles. The number of piperidine rings is 1. The highest BCUT2D eigenvalue weighted by atomic mass is 19.1. The van der Waals surface area contributed by atoms with Gasteiger partial charge in [0.05, 0.1) is 12.1 Å². The van der Waals surface area contributed by atoms with Gasteiger partial charge in [-0.3, -0.25) is 9.59 Å². The van der Waals surface area contributed by atoms with Crippen LogP contribution in [0.25, 0.3) is 0 Å². The van der Waals surface area contributed by atoms with Gasteiger partial charge in [0, 0.05) is 12.1 Å². The van der Waals surface area contributed by atoms with Crippen molar-refractivity contribution in [3.63, 3.8) is 0 Å². The molecule has 1 aliphatic heterocycles. The van der Waals surface area contributed by atoms with Crippen LogP contribution in [0.3, 0.4) is 0 Å². The maximum Gasteiger partial charge on any atom is 0.249 e. The molecule has 0 aliphatic carbocycles. The first kappa shape index (κ1) is 17.0.